The lowest BCUT2D eigenvalue weighted by Crippen LogP contribution is -1.82. The summed E-state index contributed by atoms with van der Waals surface area (Å²) >= 11 is 0. The van der Waals surface area contributed by atoms with Crippen LogP contribution in [-0.4, -0.2) is 4.98 Å². The predicted molar refractivity (Wildman–Crippen MR) is 38.4 cm³/mol. The molecule has 1 radical (unpaired) electrons. The highest BCUT2D eigenvalue weighted by Gasteiger charge is 1.96. The third-order valence-electron chi connectivity index (χ3n) is 1.59. The highest BCUT2D eigenvalue weighted by Crippen LogP contribution is 2.07. The molecule has 1 N–H and O–H groups in total. The van der Waals surface area contributed by atoms with E-state index in [2.05, 4.69) is 25.0 Å². The van der Waals surface area contributed by atoms with Gasteiger partial charge in [-0.3, -0.25) is 0 Å². The van der Waals surface area contributed by atoms with Crippen LogP contribution in [0.1, 0.15) is 25.0 Å². The molecular weight excluding hydrogens is 110 g/mol. The lowest BCUT2D eigenvalue weighted by atomic mass is 10.1. The van der Waals surface area contributed by atoms with Crippen molar-refractivity contribution in [2.45, 2.75) is 26.7 Å². The first-order chi connectivity index (χ1) is 4.38. The summed E-state index contributed by atoms with van der Waals surface area (Å²) in [5, 5.41) is 0. The van der Waals surface area contributed by atoms with Gasteiger partial charge in [-0.2, -0.15) is 0 Å². The molecule has 1 aromatic heterocycles. The topological polar surface area (TPSA) is 15.8 Å². The summed E-state index contributed by atoms with van der Waals surface area (Å²) < 4.78 is 0. The molecule has 0 unspecified atom stereocenters. The van der Waals surface area contributed by atoms with E-state index in [1.54, 1.807) is 0 Å². The summed E-state index contributed by atoms with van der Waals surface area (Å²) in [7, 11) is 0. The Hall–Kier alpha value is -0.720. The largest absolute Gasteiger partial charge is 0.359 e. The van der Waals surface area contributed by atoms with E-state index >= 15 is 0 Å². The van der Waals surface area contributed by atoms with E-state index < -0.39 is 0 Å². The molecule has 0 bridgehead atoms. The van der Waals surface area contributed by atoms with Gasteiger partial charge in [0.25, 0.3) is 0 Å². The van der Waals surface area contributed by atoms with E-state index in [0.717, 1.165) is 12.8 Å². The first-order valence-electron chi connectivity index (χ1n) is 3.45. The van der Waals surface area contributed by atoms with E-state index in [9.17, 15) is 0 Å². The quantitative estimate of drug-likeness (QED) is 0.617. The average molecular weight is 122 g/mol. The summed E-state index contributed by atoms with van der Waals surface area (Å²) in [6.45, 7) is 4.31. The molecule has 1 rings (SSSR count). The molecule has 0 saturated carbocycles. The van der Waals surface area contributed by atoms with Crippen molar-refractivity contribution < 1.29 is 0 Å². The Morgan fingerprint density at radius 3 is 2.67 bits per heavy atom. The summed E-state index contributed by atoms with van der Waals surface area (Å²) in [6.07, 6.45) is 7.31. The van der Waals surface area contributed by atoms with Gasteiger partial charge >= 0.3 is 0 Å². The molecule has 0 aliphatic carbocycles. The van der Waals surface area contributed by atoms with Crippen molar-refractivity contribution in [3.63, 3.8) is 0 Å². The van der Waals surface area contributed by atoms with Crippen LogP contribution < -0.4 is 0 Å². The molecule has 9 heavy (non-hydrogen) atoms. The Morgan fingerprint density at radius 1 is 1.44 bits per heavy atom. The second-order valence-electron chi connectivity index (χ2n) is 2.12. The number of aryl methyl sites for hydroxylation is 2. The highest BCUT2D eigenvalue weighted by atomic mass is 14.6. The van der Waals surface area contributed by atoms with Gasteiger partial charge in [0, 0.05) is 6.20 Å². The third-order valence-corrected chi connectivity index (χ3v) is 1.59. The number of hydrogen-bond donors (Lipinski definition) is 1. The maximum atomic E-state index is 3.08. The van der Waals surface area contributed by atoms with Crippen molar-refractivity contribution in [2.24, 2.45) is 0 Å². The first-order valence-corrected chi connectivity index (χ1v) is 3.45. The fourth-order valence-corrected chi connectivity index (χ4v) is 1.01. The molecule has 0 fully saturated rings. The number of aromatic amines is 1. The van der Waals surface area contributed by atoms with Gasteiger partial charge in [0.05, 0.1) is 6.20 Å². The molecule has 1 aromatic rings. The minimum atomic E-state index is 1.09. The van der Waals surface area contributed by atoms with Crippen molar-refractivity contribution in [1.82, 2.24) is 4.98 Å². The van der Waals surface area contributed by atoms with Gasteiger partial charge < -0.3 is 4.98 Å². The van der Waals surface area contributed by atoms with Crippen LogP contribution in [0.4, 0.5) is 0 Å². The van der Waals surface area contributed by atoms with Crippen molar-refractivity contribution in [1.29, 1.82) is 0 Å². The fraction of sp³-hybridized carbons (Fsp3) is 0.500. The van der Waals surface area contributed by atoms with Gasteiger partial charge in [0.2, 0.25) is 0 Å². The SMILES string of the molecule is CCc1[c][nH]cc1CC. The maximum absolute atomic E-state index is 3.08. The summed E-state index contributed by atoms with van der Waals surface area (Å²) in [4.78, 5) is 2.98. The molecule has 0 aliphatic rings. The van der Waals surface area contributed by atoms with Crippen LogP contribution in [0.15, 0.2) is 6.20 Å². The normalized spacial score (nSPS) is 10.0. The third kappa shape index (κ3) is 1.15. The highest BCUT2D eigenvalue weighted by molar-refractivity contribution is 5.21. The van der Waals surface area contributed by atoms with Crippen LogP contribution in [-0.2, 0) is 12.8 Å². The van der Waals surface area contributed by atoms with Crippen LogP contribution >= 0.6 is 0 Å². The smallest absolute Gasteiger partial charge is 0.0657 e. The zero-order valence-electron chi connectivity index (χ0n) is 5.99. The van der Waals surface area contributed by atoms with Gasteiger partial charge in [-0.05, 0) is 24.0 Å². The van der Waals surface area contributed by atoms with Crippen molar-refractivity contribution in [3.8, 4) is 0 Å². The molecule has 0 saturated heterocycles. The van der Waals surface area contributed by atoms with Crippen LogP contribution in [0, 0.1) is 6.20 Å². The molecule has 0 aliphatic heterocycles. The molecule has 0 atom stereocenters. The van der Waals surface area contributed by atoms with Crippen LogP contribution in [0.5, 0.6) is 0 Å². The van der Waals surface area contributed by atoms with Crippen LogP contribution in [0.2, 0.25) is 0 Å². The minimum absolute atomic E-state index is 1.09. The molecular formula is C8H12N. The number of hydrogen-bond acceptors (Lipinski definition) is 0. The van der Waals surface area contributed by atoms with Gasteiger partial charge in [-0.25, -0.2) is 0 Å². The van der Waals surface area contributed by atoms with E-state index in [0.29, 0.717) is 0 Å². The Kier molecular flexibility index (Phi) is 1.93. The number of aromatic nitrogens is 1. The summed E-state index contributed by atoms with van der Waals surface area (Å²) in [6, 6.07) is 0. The van der Waals surface area contributed by atoms with Crippen molar-refractivity contribution in [3.05, 3.63) is 23.5 Å². The molecule has 0 spiro atoms. The van der Waals surface area contributed by atoms with E-state index in [-0.39, 0.29) is 0 Å². The number of rotatable bonds is 2. The van der Waals surface area contributed by atoms with E-state index in [1.807, 2.05) is 6.20 Å². The van der Waals surface area contributed by atoms with Gasteiger partial charge in [0.15, 0.2) is 0 Å². The summed E-state index contributed by atoms with van der Waals surface area (Å²) in [5.41, 5.74) is 2.73. The molecule has 49 valence electrons. The van der Waals surface area contributed by atoms with Crippen molar-refractivity contribution >= 4 is 0 Å². The Bertz CT molecular complexity index is 158. The molecule has 1 heteroatoms. The Balaban J connectivity index is 2.85. The zero-order valence-corrected chi connectivity index (χ0v) is 5.99. The molecule has 1 nitrogen and oxygen atoms in total. The second-order valence-corrected chi connectivity index (χ2v) is 2.12. The van der Waals surface area contributed by atoms with Crippen LogP contribution in [0.25, 0.3) is 0 Å². The zero-order chi connectivity index (χ0) is 6.69. The maximum Gasteiger partial charge on any atom is 0.0657 e. The number of H-pyrrole nitrogens is 1. The minimum Gasteiger partial charge on any atom is -0.359 e. The fourth-order valence-electron chi connectivity index (χ4n) is 1.01. The molecule has 0 amide bonds. The predicted octanol–water partition coefficient (Wildman–Crippen LogP) is 1.94. The first kappa shape index (κ1) is 6.40. The number of nitrogens with one attached hydrogen (secondary N) is 1. The van der Waals surface area contributed by atoms with Gasteiger partial charge in [-0.15, -0.1) is 0 Å². The average Bonchev–Trinajstić information content (AvgIpc) is 2.33. The Labute approximate surface area is 56.1 Å². The second kappa shape index (κ2) is 2.72. The van der Waals surface area contributed by atoms with Gasteiger partial charge in [0.1, 0.15) is 0 Å². The Morgan fingerprint density at radius 2 is 2.22 bits per heavy atom. The monoisotopic (exact) mass is 122 g/mol. The summed E-state index contributed by atoms with van der Waals surface area (Å²) in [5.74, 6) is 0. The van der Waals surface area contributed by atoms with E-state index in [4.69, 9.17) is 0 Å². The molecule has 1 heterocycles. The lowest BCUT2D eigenvalue weighted by molar-refractivity contribution is 1.05. The molecule has 0 aromatic carbocycles. The van der Waals surface area contributed by atoms with Gasteiger partial charge in [-0.1, -0.05) is 13.8 Å². The van der Waals surface area contributed by atoms with Crippen LogP contribution in [0.3, 0.4) is 0 Å². The van der Waals surface area contributed by atoms with Crippen molar-refractivity contribution in [2.75, 3.05) is 0 Å². The lowest BCUT2D eigenvalue weighted by Gasteiger charge is -1.92. The van der Waals surface area contributed by atoms with E-state index in [1.165, 1.54) is 11.1 Å². The standard InChI is InChI=1S/C8H12N/c1-3-7-5-9-6-8(7)4-2/h5,9H,3-4H2,1-2H3.